The minimum absolute atomic E-state index is 0.127. The molecule has 20 heavy (non-hydrogen) atoms. The van der Waals surface area contributed by atoms with Crippen LogP contribution in [0.25, 0.3) is 11.1 Å². The van der Waals surface area contributed by atoms with E-state index in [1.165, 1.54) is 13.4 Å². The van der Waals surface area contributed by atoms with Gasteiger partial charge < -0.3 is 14.5 Å². The summed E-state index contributed by atoms with van der Waals surface area (Å²) in [6.45, 7) is 4.01. The van der Waals surface area contributed by atoms with E-state index in [4.69, 9.17) is 20.8 Å². The summed E-state index contributed by atoms with van der Waals surface area (Å²) in [7, 11) is 1.37. The van der Waals surface area contributed by atoms with Crippen LogP contribution < -0.4 is 5.32 Å². The van der Waals surface area contributed by atoms with Gasteiger partial charge in [-0.3, -0.25) is 4.79 Å². The molecule has 2 rings (SSSR count). The first kappa shape index (κ1) is 14.6. The fraction of sp³-hybridized carbons (Fsp3) is 0.462. The summed E-state index contributed by atoms with van der Waals surface area (Å²) < 4.78 is 10.1. The van der Waals surface area contributed by atoms with Crippen molar-refractivity contribution in [1.29, 1.82) is 0 Å². The molecule has 0 aliphatic rings. The first-order chi connectivity index (χ1) is 9.51. The minimum atomic E-state index is -0.285. The van der Waals surface area contributed by atoms with Crippen LogP contribution in [0.5, 0.6) is 0 Å². The van der Waals surface area contributed by atoms with Crippen LogP contribution in [-0.4, -0.2) is 29.1 Å². The quantitative estimate of drug-likeness (QED) is 0.675. The number of anilines is 1. The predicted octanol–water partition coefficient (Wildman–Crippen LogP) is 2.88. The van der Waals surface area contributed by atoms with Crippen LogP contribution in [0.4, 0.5) is 5.82 Å². The van der Waals surface area contributed by atoms with E-state index in [-0.39, 0.29) is 29.6 Å². The van der Waals surface area contributed by atoms with E-state index in [0.29, 0.717) is 16.9 Å². The number of methoxy groups -OCH3 is 1. The van der Waals surface area contributed by atoms with Crippen LogP contribution in [0, 0.1) is 5.92 Å². The number of aromatic nitrogens is 2. The standard InChI is InChI=1S/C13H16ClN3O3/c1-7(2)9(6-10(18)19-3)15-12-11-8(4-5-20-11)16-13(14)17-12/h4-5,7,9H,6H2,1-3H3,(H,15,16,17)/t9-/m1/s1. The molecule has 2 aromatic rings. The van der Waals surface area contributed by atoms with E-state index in [9.17, 15) is 4.79 Å². The zero-order valence-electron chi connectivity index (χ0n) is 11.5. The maximum Gasteiger partial charge on any atom is 0.307 e. The van der Waals surface area contributed by atoms with Crippen molar-refractivity contribution in [1.82, 2.24) is 9.97 Å². The third kappa shape index (κ3) is 3.19. The molecule has 0 bridgehead atoms. The number of nitrogens with zero attached hydrogens (tertiary/aromatic N) is 2. The highest BCUT2D eigenvalue weighted by Crippen LogP contribution is 2.25. The summed E-state index contributed by atoms with van der Waals surface area (Å²) in [5, 5.41) is 3.31. The normalized spacial score (nSPS) is 12.7. The van der Waals surface area contributed by atoms with Crippen LogP contribution >= 0.6 is 11.6 Å². The largest absolute Gasteiger partial charge is 0.469 e. The Kier molecular flexibility index (Phi) is 4.44. The van der Waals surface area contributed by atoms with Gasteiger partial charge in [-0.2, -0.15) is 4.98 Å². The molecule has 0 radical (unpaired) electrons. The van der Waals surface area contributed by atoms with Gasteiger partial charge in [-0.15, -0.1) is 0 Å². The van der Waals surface area contributed by atoms with Crippen LogP contribution in [0.15, 0.2) is 16.7 Å². The molecule has 0 aliphatic carbocycles. The van der Waals surface area contributed by atoms with E-state index >= 15 is 0 Å². The van der Waals surface area contributed by atoms with E-state index in [0.717, 1.165) is 0 Å². The number of carbonyl (C=O) groups is 1. The molecule has 1 N–H and O–H groups in total. The average Bonchev–Trinajstić information content (AvgIpc) is 2.85. The monoisotopic (exact) mass is 297 g/mol. The Morgan fingerprint density at radius 1 is 1.50 bits per heavy atom. The third-order valence-electron chi connectivity index (χ3n) is 3.02. The Morgan fingerprint density at radius 3 is 2.90 bits per heavy atom. The van der Waals surface area contributed by atoms with E-state index in [1.54, 1.807) is 6.07 Å². The lowest BCUT2D eigenvalue weighted by molar-refractivity contribution is -0.141. The molecule has 0 fully saturated rings. The number of nitrogens with one attached hydrogen (secondary N) is 1. The highest BCUT2D eigenvalue weighted by Gasteiger charge is 2.21. The molecular formula is C13H16ClN3O3. The predicted molar refractivity (Wildman–Crippen MR) is 75.7 cm³/mol. The summed E-state index contributed by atoms with van der Waals surface area (Å²) in [6.07, 6.45) is 1.75. The molecule has 6 nitrogen and oxygen atoms in total. The summed E-state index contributed by atoms with van der Waals surface area (Å²) in [4.78, 5) is 19.6. The van der Waals surface area contributed by atoms with Gasteiger partial charge in [-0.25, -0.2) is 4.98 Å². The van der Waals surface area contributed by atoms with E-state index in [2.05, 4.69) is 15.3 Å². The van der Waals surface area contributed by atoms with Crippen molar-refractivity contribution in [2.24, 2.45) is 5.92 Å². The van der Waals surface area contributed by atoms with Crippen molar-refractivity contribution in [3.8, 4) is 0 Å². The summed E-state index contributed by atoms with van der Waals surface area (Å²) in [6, 6.07) is 1.57. The summed E-state index contributed by atoms with van der Waals surface area (Å²) in [5.74, 6) is 0.396. The Bertz CT molecular complexity index is 612. The van der Waals surface area contributed by atoms with Crippen molar-refractivity contribution >= 4 is 34.5 Å². The van der Waals surface area contributed by atoms with E-state index in [1.807, 2.05) is 13.8 Å². The highest BCUT2D eigenvalue weighted by molar-refractivity contribution is 6.28. The van der Waals surface area contributed by atoms with Crippen molar-refractivity contribution < 1.29 is 13.9 Å². The molecule has 7 heteroatoms. The van der Waals surface area contributed by atoms with Gasteiger partial charge in [0.1, 0.15) is 5.52 Å². The molecule has 0 saturated carbocycles. The highest BCUT2D eigenvalue weighted by atomic mass is 35.5. The number of hydrogen-bond donors (Lipinski definition) is 1. The lowest BCUT2D eigenvalue weighted by atomic mass is 10.0. The Hall–Kier alpha value is -1.82. The zero-order valence-corrected chi connectivity index (χ0v) is 12.3. The maximum atomic E-state index is 11.5. The first-order valence-corrected chi connectivity index (χ1v) is 6.63. The number of ether oxygens (including phenoxy) is 1. The zero-order chi connectivity index (χ0) is 14.7. The first-order valence-electron chi connectivity index (χ1n) is 6.25. The van der Waals surface area contributed by atoms with Gasteiger partial charge in [0.15, 0.2) is 11.4 Å². The number of furan rings is 1. The second kappa shape index (κ2) is 6.09. The van der Waals surface area contributed by atoms with Crippen molar-refractivity contribution in [3.05, 3.63) is 17.6 Å². The van der Waals surface area contributed by atoms with Crippen LogP contribution in [-0.2, 0) is 9.53 Å². The minimum Gasteiger partial charge on any atom is -0.469 e. The number of fused-ring (bicyclic) bond motifs is 1. The summed E-state index contributed by atoms with van der Waals surface area (Å²) >= 11 is 5.88. The molecule has 0 saturated heterocycles. The van der Waals surface area contributed by atoms with Crippen molar-refractivity contribution in [3.63, 3.8) is 0 Å². The van der Waals surface area contributed by atoms with Gasteiger partial charge in [0, 0.05) is 12.1 Å². The second-order valence-electron chi connectivity index (χ2n) is 4.75. The number of hydrogen-bond acceptors (Lipinski definition) is 6. The summed E-state index contributed by atoms with van der Waals surface area (Å²) in [5.41, 5.74) is 1.14. The molecule has 0 unspecified atom stereocenters. The average molecular weight is 298 g/mol. The molecule has 2 aromatic heterocycles. The number of carbonyl (C=O) groups excluding carboxylic acids is 1. The van der Waals surface area contributed by atoms with E-state index < -0.39 is 0 Å². The molecule has 108 valence electrons. The number of halogens is 1. The Balaban J connectivity index is 2.28. The fourth-order valence-electron chi connectivity index (χ4n) is 1.82. The van der Waals surface area contributed by atoms with Gasteiger partial charge in [-0.1, -0.05) is 13.8 Å². The Labute approximate surface area is 121 Å². The number of rotatable bonds is 5. The third-order valence-corrected chi connectivity index (χ3v) is 3.19. The smallest absolute Gasteiger partial charge is 0.307 e. The Morgan fingerprint density at radius 2 is 2.25 bits per heavy atom. The molecule has 0 amide bonds. The molecule has 0 aliphatic heterocycles. The van der Waals surface area contributed by atoms with Gasteiger partial charge in [0.25, 0.3) is 0 Å². The van der Waals surface area contributed by atoms with Crippen LogP contribution in [0.3, 0.4) is 0 Å². The fourth-order valence-corrected chi connectivity index (χ4v) is 2.00. The maximum absolute atomic E-state index is 11.5. The second-order valence-corrected chi connectivity index (χ2v) is 5.09. The molecule has 2 heterocycles. The van der Waals surface area contributed by atoms with Gasteiger partial charge in [0.05, 0.1) is 19.8 Å². The van der Waals surface area contributed by atoms with Crippen molar-refractivity contribution in [2.75, 3.05) is 12.4 Å². The SMILES string of the molecule is COC(=O)C[C@@H](Nc1nc(Cl)nc2ccoc12)C(C)C. The number of esters is 1. The topological polar surface area (TPSA) is 77.2 Å². The van der Waals surface area contributed by atoms with Crippen molar-refractivity contribution in [2.45, 2.75) is 26.3 Å². The van der Waals surface area contributed by atoms with Gasteiger partial charge in [-0.05, 0) is 17.5 Å². The van der Waals surface area contributed by atoms with Gasteiger partial charge in [0.2, 0.25) is 5.28 Å². The molecule has 0 aromatic carbocycles. The molecular weight excluding hydrogens is 282 g/mol. The van der Waals surface area contributed by atoms with Gasteiger partial charge >= 0.3 is 5.97 Å². The van der Waals surface area contributed by atoms with Crippen LogP contribution in [0.2, 0.25) is 5.28 Å². The molecule has 0 spiro atoms. The van der Waals surface area contributed by atoms with Crippen LogP contribution in [0.1, 0.15) is 20.3 Å². The lowest BCUT2D eigenvalue weighted by Gasteiger charge is -2.21. The lowest BCUT2D eigenvalue weighted by Crippen LogP contribution is -2.29. The molecule has 1 atom stereocenters.